The molecule has 1 aliphatic rings. The smallest absolute Gasteiger partial charge is 0.394 e. The lowest BCUT2D eigenvalue weighted by Crippen LogP contribution is -2.38. The van der Waals surface area contributed by atoms with Crippen molar-refractivity contribution in [2.45, 2.75) is 70.7 Å². The molecule has 0 radical (unpaired) electrons. The van der Waals surface area contributed by atoms with Gasteiger partial charge in [0.25, 0.3) is 0 Å². The Kier molecular flexibility index (Phi) is 8.59. The summed E-state index contributed by atoms with van der Waals surface area (Å²) < 4.78 is 27.8. The number of carboxylic acids is 1. The molecule has 1 amide bonds. The molecule has 0 aromatic heterocycles. The van der Waals surface area contributed by atoms with Crippen molar-refractivity contribution in [3.05, 3.63) is 53.6 Å². The summed E-state index contributed by atoms with van der Waals surface area (Å²) in [5.74, 6) is -2.62. The molecule has 0 unspecified atom stereocenters. The first-order valence-electron chi connectivity index (χ1n) is 12.3. The van der Waals surface area contributed by atoms with Gasteiger partial charge in [-0.25, -0.2) is 13.2 Å². The number of rotatable bonds is 9. The van der Waals surface area contributed by atoms with E-state index in [1.165, 1.54) is 0 Å². The average Bonchev–Trinajstić information content (AvgIpc) is 2.92. The van der Waals surface area contributed by atoms with Gasteiger partial charge in [0.2, 0.25) is 0 Å². The number of para-hydroxylation sites is 1. The predicted octanol–water partition coefficient (Wildman–Crippen LogP) is 4.99. The van der Waals surface area contributed by atoms with Gasteiger partial charge >= 0.3 is 11.9 Å². The number of fused-ring (bicyclic) bond motifs is 1. The Morgan fingerprint density at radius 2 is 1.69 bits per heavy atom. The van der Waals surface area contributed by atoms with Gasteiger partial charge in [-0.3, -0.25) is 4.79 Å². The number of aryl methyl sites for hydroxylation is 1. The number of benzene rings is 2. The number of unbranched alkanes of at least 4 members (excludes halogenated alkanes) is 2. The number of anilines is 2. The first kappa shape index (κ1) is 26.7. The second-order valence-corrected chi connectivity index (χ2v) is 11.6. The Balaban J connectivity index is 2.16. The third-order valence-electron chi connectivity index (χ3n) is 6.86. The second-order valence-electron chi connectivity index (χ2n) is 9.62. The zero-order valence-corrected chi connectivity index (χ0v) is 21.7. The Bertz CT molecular complexity index is 1150. The summed E-state index contributed by atoms with van der Waals surface area (Å²) in [4.78, 5) is 24.9. The number of carbonyl (C=O) groups excluding carboxylic acids is 1. The minimum atomic E-state index is -3.65. The molecule has 2 aromatic rings. The lowest BCUT2D eigenvalue weighted by Gasteiger charge is -2.37. The number of nitrogens with zero attached hydrogens (tertiary/aromatic N) is 1. The molecule has 1 heterocycles. The molecule has 0 aliphatic carbocycles. The van der Waals surface area contributed by atoms with E-state index in [0.29, 0.717) is 17.8 Å². The molecule has 0 spiro atoms. The molecule has 190 valence electrons. The van der Waals surface area contributed by atoms with Crippen LogP contribution >= 0.6 is 0 Å². The van der Waals surface area contributed by atoms with Crippen LogP contribution in [0, 0.1) is 12.3 Å². The van der Waals surface area contributed by atoms with Crippen molar-refractivity contribution in [3.63, 3.8) is 0 Å². The van der Waals surface area contributed by atoms with Crippen molar-refractivity contribution in [1.82, 2.24) is 5.32 Å². The summed E-state index contributed by atoms with van der Waals surface area (Å²) in [5, 5.41) is 11.2. The molecule has 0 bridgehead atoms. The Labute approximate surface area is 208 Å². The van der Waals surface area contributed by atoms with Crippen molar-refractivity contribution in [2.75, 3.05) is 17.2 Å². The highest BCUT2D eigenvalue weighted by atomic mass is 32.2. The van der Waals surface area contributed by atoms with Gasteiger partial charge in [0.15, 0.2) is 9.84 Å². The molecule has 7 nitrogen and oxygen atoms in total. The molecule has 0 saturated heterocycles. The molecular formula is C27H36N2O5S. The molecule has 35 heavy (non-hydrogen) atoms. The van der Waals surface area contributed by atoms with E-state index in [0.717, 1.165) is 49.8 Å². The molecule has 2 aromatic carbocycles. The second kappa shape index (κ2) is 11.2. The van der Waals surface area contributed by atoms with Crippen molar-refractivity contribution >= 4 is 33.1 Å². The number of amides is 1. The van der Waals surface area contributed by atoms with Crippen LogP contribution in [0.4, 0.5) is 11.4 Å². The van der Waals surface area contributed by atoms with Gasteiger partial charge in [0, 0.05) is 24.2 Å². The number of aliphatic carboxylic acids is 1. The van der Waals surface area contributed by atoms with Gasteiger partial charge in [-0.15, -0.1) is 0 Å². The maximum Gasteiger partial charge on any atom is 0.394 e. The summed E-state index contributed by atoms with van der Waals surface area (Å²) in [7, 11) is -3.65. The molecule has 1 aliphatic heterocycles. The van der Waals surface area contributed by atoms with Crippen molar-refractivity contribution in [2.24, 2.45) is 5.41 Å². The van der Waals surface area contributed by atoms with Crippen LogP contribution in [-0.4, -0.2) is 37.7 Å². The van der Waals surface area contributed by atoms with Gasteiger partial charge in [-0.2, -0.15) is 0 Å². The number of carbonyl (C=O) groups is 2. The van der Waals surface area contributed by atoms with Crippen LogP contribution in [-0.2, 0) is 26.0 Å². The first-order chi connectivity index (χ1) is 16.6. The summed E-state index contributed by atoms with van der Waals surface area (Å²) in [6.45, 7) is 6.66. The van der Waals surface area contributed by atoms with Crippen molar-refractivity contribution in [1.29, 1.82) is 0 Å². The molecule has 0 fully saturated rings. The Hall–Kier alpha value is -2.87. The van der Waals surface area contributed by atoms with E-state index in [1.807, 2.05) is 43.3 Å². The van der Waals surface area contributed by atoms with Crippen LogP contribution in [0.25, 0.3) is 0 Å². The molecule has 0 atom stereocenters. The SMILES string of the molecule is CCCCC1(CCCC)CN(c2ccccc2)c2cc(C)c(CNC(=O)C(=O)O)cc2S(=O)(=O)C1. The van der Waals surface area contributed by atoms with Crippen molar-refractivity contribution in [3.8, 4) is 0 Å². The van der Waals surface area contributed by atoms with Crippen LogP contribution in [0.1, 0.15) is 63.5 Å². The van der Waals surface area contributed by atoms with Crippen LogP contribution in [0.3, 0.4) is 0 Å². The Morgan fingerprint density at radius 3 is 2.26 bits per heavy atom. The predicted molar refractivity (Wildman–Crippen MR) is 138 cm³/mol. The third kappa shape index (κ3) is 6.23. The third-order valence-corrected chi connectivity index (χ3v) is 8.85. The largest absolute Gasteiger partial charge is 0.474 e. The zero-order valence-electron chi connectivity index (χ0n) is 20.8. The topological polar surface area (TPSA) is 104 Å². The maximum atomic E-state index is 13.9. The summed E-state index contributed by atoms with van der Waals surface area (Å²) >= 11 is 0. The number of sulfone groups is 1. The minimum absolute atomic E-state index is 0.0537. The van der Waals surface area contributed by atoms with E-state index < -0.39 is 21.7 Å². The average molecular weight is 501 g/mol. The monoisotopic (exact) mass is 500 g/mol. The summed E-state index contributed by atoms with van der Waals surface area (Å²) in [5.41, 5.74) is 2.57. The molecule has 2 N–H and O–H groups in total. The zero-order chi connectivity index (χ0) is 25.6. The van der Waals surface area contributed by atoms with E-state index >= 15 is 0 Å². The number of hydrogen-bond donors (Lipinski definition) is 2. The fraction of sp³-hybridized carbons (Fsp3) is 0.481. The van der Waals surface area contributed by atoms with Crippen LogP contribution < -0.4 is 10.2 Å². The van der Waals surface area contributed by atoms with Crippen LogP contribution in [0.15, 0.2) is 47.4 Å². The quantitative estimate of drug-likeness (QED) is 0.470. The highest BCUT2D eigenvalue weighted by Gasteiger charge is 2.42. The summed E-state index contributed by atoms with van der Waals surface area (Å²) in [6, 6.07) is 13.3. The van der Waals surface area contributed by atoms with Crippen LogP contribution in [0.5, 0.6) is 0 Å². The molecular weight excluding hydrogens is 464 g/mol. The lowest BCUT2D eigenvalue weighted by molar-refractivity contribution is -0.150. The van der Waals surface area contributed by atoms with Crippen molar-refractivity contribution < 1.29 is 23.1 Å². The molecule has 8 heteroatoms. The fourth-order valence-corrected chi connectivity index (χ4v) is 7.08. The lowest BCUT2D eigenvalue weighted by atomic mass is 9.79. The van der Waals surface area contributed by atoms with Gasteiger partial charge < -0.3 is 15.3 Å². The van der Waals surface area contributed by atoms with E-state index in [-0.39, 0.29) is 22.6 Å². The van der Waals surface area contributed by atoms with Gasteiger partial charge in [0.1, 0.15) is 0 Å². The minimum Gasteiger partial charge on any atom is -0.474 e. The van der Waals surface area contributed by atoms with E-state index in [4.69, 9.17) is 5.11 Å². The standard InChI is InChI=1S/C27H36N2O5S/c1-4-6-13-27(14-7-5-2)18-29(22-11-9-8-10-12-22)23-15-20(3)21(17-28-25(30)26(31)32)16-24(23)35(33,34)19-27/h8-12,15-16H,4-7,13-14,17-19H2,1-3H3,(H,28,30)(H,31,32). The van der Waals surface area contributed by atoms with E-state index in [1.54, 1.807) is 6.07 Å². The highest BCUT2D eigenvalue weighted by molar-refractivity contribution is 7.91. The van der Waals surface area contributed by atoms with Gasteiger partial charge in [0.05, 0.1) is 16.3 Å². The number of nitrogens with one attached hydrogen (secondary N) is 1. The van der Waals surface area contributed by atoms with Gasteiger partial charge in [-0.05, 0) is 55.2 Å². The van der Waals surface area contributed by atoms with Gasteiger partial charge in [-0.1, -0.05) is 57.7 Å². The molecule has 0 saturated carbocycles. The number of carboxylic acid groups (broad SMARTS) is 1. The normalized spacial score (nSPS) is 16.3. The number of hydrogen-bond acceptors (Lipinski definition) is 5. The van der Waals surface area contributed by atoms with E-state index in [2.05, 4.69) is 24.1 Å². The summed E-state index contributed by atoms with van der Waals surface area (Å²) in [6.07, 6.45) is 5.59. The fourth-order valence-electron chi connectivity index (χ4n) is 4.93. The maximum absolute atomic E-state index is 13.9. The van der Waals surface area contributed by atoms with Crippen LogP contribution in [0.2, 0.25) is 0 Å². The highest BCUT2D eigenvalue weighted by Crippen LogP contribution is 2.45. The van der Waals surface area contributed by atoms with E-state index in [9.17, 15) is 18.0 Å². The first-order valence-corrected chi connectivity index (χ1v) is 14.0. The Morgan fingerprint density at radius 1 is 1.06 bits per heavy atom. The molecule has 3 rings (SSSR count).